The number of aromatic nitrogens is 3. The van der Waals surface area contributed by atoms with Crippen molar-refractivity contribution in [1.29, 1.82) is 5.26 Å². The highest BCUT2D eigenvalue weighted by Gasteiger charge is 2.23. The second-order valence-corrected chi connectivity index (χ2v) is 9.49. The van der Waals surface area contributed by atoms with Gasteiger partial charge in [-0.1, -0.05) is 18.2 Å². The molecule has 2 aromatic heterocycles. The number of methoxy groups -OCH3 is 2. The van der Waals surface area contributed by atoms with E-state index in [4.69, 9.17) is 26.3 Å². The third kappa shape index (κ3) is 5.97. The van der Waals surface area contributed by atoms with Crippen LogP contribution in [-0.2, 0) is 11.3 Å². The largest absolute Gasteiger partial charge is 0.497 e. The number of rotatable bonds is 9. The van der Waals surface area contributed by atoms with Gasteiger partial charge in [-0.2, -0.15) is 10.2 Å². The summed E-state index contributed by atoms with van der Waals surface area (Å²) < 4.78 is 12.5. The average molecular weight is 552 g/mol. The summed E-state index contributed by atoms with van der Waals surface area (Å²) in [6.07, 6.45) is 3.12. The first-order valence-electron chi connectivity index (χ1n) is 12.4. The van der Waals surface area contributed by atoms with E-state index in [-0.39, 0.29) is 17.2 Å². The monoisotopic (exact) mass is 551 g/mol. The van der Waals surface area contributed by atoms with E-state index in [1.54, 1.807) is 42.1 Å². The lowest BCUT2D eigenvalue weighted by atomic mass is 10.0. The summed E-state index contributed by atoms with van der Waals surface area (Å²) in [5.74, 6) is 0.873. The van der Waals surface area contributed by atoms with Crippen LogP contribution in [0.1, 0.15) is 12.8 Å². The van der Waals surface area contributed by atoms with E-state index in [9.17, 15) is 9.59 Å². The van der Waals surface area contributed by atoms with Crippen LogP contribution in [0.2, 0.25) is 5.02 Å². The highest BCUT2D eigenvalue weighted by molar-refractivity contribution is 6.35. The number of likely N-dealkylation sites (tertiary alicyclic amines) is 1. The molecule has 1 aliphatic heterocycles. The number of hydrogen-bond acceptors (Lipinski definition) is 9. The predicted octanol–water partition coefficient (Wildman–Crippen LogP) is 2.83. The molecule has 0 unspecified atom stereocenters. The van der Waals surface area contributed by atoms with E-state index in [1.807, 2.05) is 0 Å². The van der Waals surface area contributed by atoms with Crippen LogP contribution in [0.25, 0.3) is 22.2 Å². The summed E-state index contributed by atoms with van der Waals surface area (Å²) in [4.78, 5) is 37.0. The number of nitriles is 1. The minimum absolute atomic E-state index is 0.0261. The molecule has 0 spiro atoms. The molecular formula is C27H30ClN7O4. The minimum atomic E-state index is -0.432. The molecule has 1 aliphatic rings. The lowest BCUT2D eigenvalue weighted by Gasteiger charge is -2.32. The van der Waals surface area contributed by atoms with Crippen molar-refractivity contribution in [2.45, 2.75) is 25.4 Å². The van der Waals surface area contributed by atoms with E-state index in [0.717, 1.165) is 25.9 Å². The lowest BCUT2D eigenvalue weighted by Crippen LogP contribution is -2.45. The maximum atomic E-state index is 13.9. The molecule has 0 saturated carbocycles. The van der Waals surface area contributed by atoms with E-state index >= 15 is 0 Å². The van der Waals surface area contributed by atoms with Crippen molar-refractivity contribution < 1.29 is 14.3 Å². The number of carbonyl (C=O) groups is 1. The van der Waals surface area contributed by atoms with Gasteiger partial charge in [0.15, 0.2) is 0 Å². The number of nitrogens with zero attached hydrogens (tertiary/aromatic N) is 5. The fourth-order valence-electron chi connectivity index (χ4n) is 4.58. The number of pyridine rings is 1. The molecule has 0 aliphatic carbocycles. The van der Waals surface area contributed by atoms with Crippen molar-refractivity contribution in [3.05, 3.63) is 51.9 Å². The zero-order chi connectivity index (χ0) is 28.1. The van der Waals surface area contributed by atoms with Crippen LogP contribution < -0.4 is 25.7 Å². The number of fused-ring (bicyclic) bond motifs is 1. The molecule has 12 heteroatoms. The van der Waals surface area contributed by atoms with Gasteiger partial charge in [-0.25, -0.2) is 4.98 Å². The molecule has 1 saturated heterocycles. The molecule has 11 nitrogen and oxygen atoms in total. The first-order valence-corrected chi connectivity index (χ1v) is 12.8. The number of carbonyl (C=O) groups excluding carboxylic acids is 1. The molecule has 0 atom stereocenters. The molecule has 1 amide bonds. The Morgan fingerprint density at radius 2 is 1.95 bits per heavy atom. The zero-order valence-electron chi connectivity index (χ0n) is 22.1. The van der Waals surface area contributed by atoms with E-state index < -0.39 is 5.91 Å². The van der Waals surface area contributed by atoms with Crippen molar-refractivity contribution in [2.24, 2.45) is 0 Å². The Hall–Kier alpha value is -4.14. The fraction of sp³-hybridized carbons (Fsp3) is 0.370. The first-order chi connectivity index (χ1) is 18.8. The summed E-state index contributed by atoms with van der Waals surface area (Å²) >= 11 is 6.64. The summed E-state index contributed by atoms with van der Waals surface area (Å²) in [5.41, 5.74) is 1.02. The normalized spacial score (nSPS) is 14.0. The van der Waals surface area contributed by atoms with Gasteiger partial charge in [0.2, 0.25) is 5.95 Å². The maximum absolute atomic E-state index is 13.9. The van der Waals surface area contributed by atoms with Crippen molar-refractivity contribution in [3.63, 3.8) is 0 Å². The van der Waals surface area contributed by atoms with Crippen LogP contribution in [0.3, 0.4) is 0 Å². The standard InChI is InChI=1S/C27H30ClN7O4/c1-16(14-29)25(36)32-18-5-7-34(8-6-18)9-10-35-24-17(15-31-27(30-2)33-24)11-21(26(35)37)20-12-19(38-3)13-22(39-4)23(20)28/h11-13,15,18H,1,5-10H2,2-4H3,(H,32,36)(H,30,31,33). The third-order valence-electron chi connectivity index (χ3n) is 6.78. The molecule has 0 bridgehead atoms. The van der Waals surface area contributed by atoms with Gasteiger partial charge in [0.25, 0.3) is 11.5 Å². The van der Waals surface area contributed by atoms with Gasteiger partial charge in [0.05, 0.1) is 19.2 Å². The Morgan fingerprint density at radius 3 is 2.59 bits per heavy atom. The molecule has 1 fully saturated rings. The number of hydrogen-bond donors (Lipinski definition) is 2. The van der Waals surface area contributed by atoms with E-state index in [1.165, 1.54) is 14.2 Å². The highest BCUT2D eigenvalue weighted by atomic mass is 35.5. The number of amides is 1. The Balaban J connectivity index is 1.64. The Bertz CT molecular complexity index is 1510. The van der Waals surface area contributed by atoms with E-state index in [2.05, 4.69) is 32.1 Å². The van der Waals surface area contributed by atoms with Crippen LogP contribution in [0.4, 0.5) is 5.95 Å². The zero-order valence-corrected chi connectivity index (χ0v) is 22.8. The molecule has 3 aromatic rings. The van der Waals surface area contributed by atoms with Gasteiger partial charge < -0.3 is 25.0 Å². The molecule has 0 radical (unpaired) electrons. The van der Waals surface area contributed by atoms with Gasteiger partial charge in [-0.3, -0.25) is 14.2 Å². The number of benzene rings is 1. The molecule has 1 aromatic carbocycles. The molecule has 4 rings (SSSR count). The Morgan fingerprint density at radius 1 is 1.21 bits per heavy atom. The molecule has 2 N–H and O–H groups in total. The smallest absolute Gasteiger partial charge is 0.261 e. The van der Waals surface area contributed by atoms with Crippen molar-refractivity contribution in [1.82, 2.24) is 24.8 Å². The summed E-state index contributed by atoms with van der Waals surface area (Å²) in [7, 11) is 4.76. The molecule has 39 heavy (non-hydrogen) atoms. The molecule has 3 heterocycles. The highest BCUT2D eigenvalue weighted by Crippen LogP contribution is 2.38. The number of nitrogens with one attached hydrogen (secondary N) is 2. The number of halogens is 1. The Kier molecular flexibility index (Phi) is 8.69. The van der Waals surface area contributed by atoms with Crippen LogP contribution in [-0.4, -0.2) is 72.3 Å². The molecular weight excluding hydrogens is 522 g/mol. The van der Waals surface area contributed by atoms with Crippen molar-refractivity contribution in [2.75, 3.05) is 46.2 Å². The van der Waals surface area contributed by atoms with Gasteiger partial charge in [0.1, 0.15) is 28.8 Å². The number of anilines is 1. The average Bonchev–Trinajstić information content (AvgIpc) is 2.96. The summed E-state index contributed by atoms with van der Waals surface area (Å²) in [5, 5.41) is 15.6. The van der Waals surface area contributed by atoms with E-state index in [0.29, 0.717) is 57.7 Å². The number of piperidine rings is 1. The summed E-state index contributed by atoms with van der Waals surface area (Å²) in [6.45, 7) is 5.89. The van der Waals surface area contributed by atoms with Crippen LogP contribution in [0.5, 0.6) is 11.5 Å². The minimum Gasteiger partial charge on any atom is -0.497 e. The number of ether oxygens (including phenoxy) is 2. The lowest BCUT2D eigenvalue weighted by molar-refractivity contribution is -0.118. The van der Waals surface area contributed by atoms with Crippen molar-refractivity contribution >= 4 is 34.5 Å². The molecule has 204 valence electrons. The van der Waals surface area contributed by atoms with Gasteiger partial charge >= 0.3 is 0 Å². The van der Waals surface area contributed by atoms with Crippen molar-refractivity contribution in [3.8, 4) is 28.7 Å². The first kappa shape index (κ1) is 27.9. The fourth-order valence-corrected chi connectivity index (χ4v) is 4.87. The maximum Gasteiger partial charge on any atom is 0.261 e. The van der Waals surface area contributed by atoms with Crippen LogP contribution >= 0.6 is 11.6 Å². The quantitative estimate of drug-likeness (QED) is 0.304. The van der Waals surface area contributed by atoms with Gasteiger partial charge in [-0.15, -0.1) is 0 Å². The second-order valence-electron chi connectivity index (χ2n) is 9.11. The topological polar surface area (TPSA) is 134 Å². The Labute approximate surface area is 231 Å². The second kappa shape index (κ2) is 12.1. The van der Waals surface area contributed by atoms with Crippen LogP contribution in [0.15, 0.2) is 41.3 Å². The van der Waals surface area contributed by atoms with Gasteiger partial charge in [0, 0.05) is 68.0 Å². The summed E-state index contributed by atoms with van der Waals surface area (Å²) in [6, 6.07) is 6.85. The van der Waals surface area contributed by atoms with Crippen LogP contribution in [0, 0.1) is 11.3 Å². The predicted molar refractivity (Wildman–Crippen MR) is 149 cm³/mol. The SMILES string of the molecule is C=C(C#N)C(=O)NC1CCN(CCn2c(=O)c(-c3cc(OC)cc(OC)c3Cl)cc3cnc(NC)nc32)CC1. The third-order valence-corrected chi connectivity index (χ3v) is 7.17. The van der Waals surface area contributed by atoms with Gasteiger partial charge in [-0.05, 0) is 25.0 Å².